The molecule has 118 valence electrons. The molecule has 23 heavy (non-hydrogen) atoms. The minimum atomic E-state index is 0.136. The lowest BCUT2D eigenvalue weighted by Gasteiger charge is -2.32. The molecule has 3 heterocycles. The van der Waals surface area contributed by atoms with Crippen LogP contribution in [0.3, 0.4) is 0 Å². The van der Waals surface area contributed by atoms with Gasteiger partial charge in [0.25, 0.3) is 0 Å². The monoisotopic (exact) mass is 327 g/mol. The first-order valence-electron chi connectivity index (χ1n) is 7.80. The van der Waals surface area contributed by atoms with Crippen molar-refractivity contribution in [1.82, 2.24) is 14.3 Å². The second kappa shape index (κ2) is 6.32. The number of aromatic nitrogens is 2. The lowest BCUT2D eigenvalue weighted by atomic mass is 10.1. The van der Waals surface area contributed by atoms with E-state index in [2.05, 4.69) is 34.1 Å². The number of morpholine rings is 1. The molecule has 4 nitrogen and oxygen atoms in total. The summed E-state index contributed by atoms with van der Waals surface area (Å²) in [6.45, 7) is 3.39. The number of ether oxygens (including phenoxy) is 1. The molecule has 0 N–H and O–H groups in total. The minimum absolute atomic E-state index is 0.136. The van der Waals surface area contributed by atoms with Gasteiger partial charge in [-0.3, -0.25) is 4.90 Å². The molecular formula is C18H18ClN3O. The highest BCUT2D eigenvalue weighted by molar-refractivity contribution is 6.30. The molecule has 0 radical (unpaired) electrons. The maximum absolute atomic E-state index is 6.03. The van der Waals surface area contributed by atoms with Crippen LogP contribution in [0.1, 0.15) is 17.4 Å². The Morgan fingerprint density at radius 1 is 1.13 bits per heavy atom. The van der Waals surface area contributed by atoms with Crippen LogP contribution >= 0.6 is 11.6 Å². The lowest BCUT2D eigenvalue weighted by Crippen LogP contribution is -2.37. The summed E-state index contributed by atoms with van der Waals surface area (Å²) in [5, 5.41) is 0.719. The van der Waals surface area contributed by atoms with Gasteiger partial charge in [-0.2, -0.15) is 0 Å². The number of pyridine rings is 1. The first-order valence-corrected chi connectivity index (χ1v) is 8.18. The largest absolute Gasteiger partial charge is 0.371 e. The number of rotatable bonds is 3. The van der Waals surface area contributed by atoms with E-state index in [1.807, 2.05) is 35.0 Å². The Kier molecular flexibility index (Phi) is 4.04. The minimum Gasteiger partial charge on any atom is -0.371 e. The second-order valence-corrected chi connectivity index (χ2v) is 6.29. The van der Waals surface area contributed by atoms with E-state index in [-0.39, 0.29) is 6.10 Å². The number of hydrogen-bond donors (Lipinski definition) is 0. The summed E-state index contributed by atoms with van der Waals surface area (Å²) in [4.78, 5) is 7.06. The Bertz CT molecular complexity index is 802. The predicted molar refractivity (Wildman–Crippen MR) is 90.6 cm³/mol. The van der Waals surface area contributed by atoms with Crippen molar-refractivity contribution in [3.05, 3.63) is 71.1 Å². The molecule has 0 bridgehead atoms. The van der Waals surface area contributed by atoms with Gasteiger partial charge < -0.3 is 9.14 Å². The summed E-state index contributed by atoms with van der Waals surface area (Å²) < 4.78 is 7.90. The van der Waals surface area contributed by atoms with Crippen molar-refractivity contribution in [3.63, 3.8) is 0 Å². The molecule has 0 amide bonds. The van der Waals surface area contributed by atoms with Gasteiger partial charge in [0, 0.05) is 32.0 Å². The van der Waals surface area contributed by atoms with Crippen LogP contribution in [0.4, 0.5) is 0 Å². The van der Waals surface area contributed by atoms with Gasteiger partial charge in [-0.15, -0.1) is 0 Å². The van der Waals surface area contributed by atoms with Gasteiger partial charge in [0.15, 0.2) is 0 Å². The number of benzene rings is 1. The van der Waals surface area contributed by atoms with E-state index in [9.17, 15) is 0 Å². The topological polar surface area (TPSA) is 29.8 Å². The lowest BCUT2D eigenvalue weighted by molar-refractivity contribution is -0.0332. The number of imidazole rings is 1. The van der Waals surface area contributed by atoms with Crippen molar-refractivity contribution < 1.29 is 4.74 Å². The number of hydrogen-bond acceptors (Lipinski definition) is 3. The van der Waals surface area contributed by atoms with Crippen molar-refractivity contribution in [2.45, 2.75) is 12.6 Å². The Balaban J connectivity index is 1.49. The van der Waals surface area contributed by atoms with Crippen molar-refractivity contribution in [2.24, 2.45) is 0 Å². The molecule has 2 aromatic heterocycles. The quantitative estimate of drug-likeness (QED) is 0.736. The average molecular weight is 328 g/mol. The Morgan fingerprint density at radius 2 is 2.00 bits per heavy atom. The average Bonchev–Trinajstić information content (AvgIpc) is 2.97. The van der Waals surface area contributed by atoms with Crippen molar-refractivity contribution >= 4 is 17.2 Å². The van der Waals surface area contributed by atoms with Crippen LogP contribution in [-0.2, 0) is 11.3 Å². The highest BCUT2D eigenvalue weighted by Crippen LogP contribution is 2.23. The summed E-state index contributed by atoms with van der Waals surface area (Å²) in [5.41, 5.74) is 3.22. The molecule has 1 aromatic carbocycles. The summed E-state index contributed by atoms with van der Waals surface area (Å²) in [5.74, 6) is 0. The Hall–Kier alpha value is -1.88. The molecule has 0 aliphatic carbocycles. The molecule has 0 spiro atoms. The van der Waals surface area contributed by atoms with Crippen molar-refractivity contribution in [1.29, 1.82) is 0 Å². The first kappa shape index (κ1) is 14.7. The van der Waals surface area contributed by atoms with E-state index in [4.69, 9.17) is 16.3 Å². The van der Waals surface area contributed by atoms with Crippen molar-refractivity contribution in [3.8, 4) is 0 Å². The van der Waals surface area contributed by atoms with Gasteiger partial charge in [0.05, 0.1) is 23.4 Å². The van der Waals surface area contributed by atoms with Gasteiger partial charge in [-0.05, 0) is 17.7 Å². The Labute approximate surface area is 140 Å². The van der Waals surface area contributed by atoms with Crippen molar-refractivity contribution in [2.75, 3.05) is 19.7 Å². The molecule has 0 saturated carbocycles. The van der Waals surface area contributed by atoms with Gasteiger partial charge in [0.2, 0.25) is 0 Å². The predicted octanol–water partition coefficient (Wildman–Crippen LogP) is 3.56. The Morgan fingerprint density at radius 3 is 2.87 bits per heavy atom. The molecule has 1 atom stereocenters. The first-order chi connectivity index (χ1) is 11.3. The standard InChI is InChI=1S/C18H18ClN3O/c19-15-6-7-18-20-16(12-22(18)10-15)11-21-8-9-23-17(13-21)14-4-2-1-3-5-14/h1-7,10,12,17H,8-9,11,13H2. The zero-order valence-corrected chi connectivity index (χ0v) is 13.5. The van der Waals surface area contributed by atoms with E-state index in [1.165, 1.54) is 5.56 Å². The highest BCUT2D eigenvalue weighted by Gasteiger charge is 2.22. The van der Waals surface area contributed by atoms with E-state index < -0.39 is 0 Å². The van der Waals surface area contributed by atoms with E-state index in [0.29, 0.717) is 0 Å². The van der Waals surface area contributed by atoms with Gasteiger partial charge in [-0.1, -0.05) is 41.9 Å². The summed E-state index contributed by atoms with van der Waals surface area (Å²) in [6.07, 6.45) is 4.07. The van der Waals surface area contributed by atoms with Gasteiger partial charge in [0.1, 0.15) is 5.65 Å². The maximum Gasteiger partial charge on any atom is 0.137 e. The number of nitrogens with zero attached hydrogens (tertiary/aromatic N) is 3. The molecule has 1 fully saturated rings. The van der Waals surface area contributed by atoms with Crippen LogP contribution in [0.25, 0.3) is 5.65 Å². The molecule has 4 rings (SSSR count). The fourth-order valence-electron chi connectivity index (χ4n) is 3.04. The fraction of sp³-hybridized carbons (Fsp3) is 0.278. The zero-order chi connectivity index (χ0) is 15.6. The molecule has 1 aliphatic heterocycles. The molecule has 1 unspecified atom stereocenters. The molecular weight excluding hydrogens is 310 g/mol. The van der Waals surface area contributed by atoms with Crippen LogP contribution in [0, 0.1) is 0 Å². The summed E-state index contributed by atoms with van der Waals surface area (Å²) in [6, 6.07) is 14.2. The highest BCUT2D eigenvalue weighted by atomic mass is 35.5. The van der Waals surface area contributed by atoms with Crippen LogP contribution < -0.4 is 0 Å². The normalized spacial score (nSPS) is 19.3. The SMILES string of the molecule is Clc1ccc2nc(CN3CCOC(c4ccccc4)C3)cn2c1. The van der Waals surface area contributed by atoms with E-state index in [1.54, 1.807) is 0 Å². The van der Waals surface area contributed by atoms with Crippen LogP contribution in [0.5, 0.6) is 0 Å². The van der Waals surface area contributed by atoms with Gasteiger partial charge in [-0.25, -0.2) is 4.98 Å². The maximum atomic E-state index is 6.03. The molecule has 1 saturated heterocycles. The molecule has 3 aromatic rings. The number of halogens is 1. The van der Waals surface area contributed by atoms with Crippen LogP contribution in [-0.4, -0.2) is 34.0 Å². The molecule has 1 aliphatic rings. The van der Waals surface area contributed by atoms with Crippen LogP contribution in [0.2, 0.25) is 5.02 Å². The van der Waals surface area contributed by atoms with E-state index >= 15 is 0 Å². The summed E-state index contributed by atoms with van der Waals surface area (Å²) in [7, 11) is 0. The second-order valence-electron chi connectivity index (χ2n) is 5.85. The van der Waals surface area contributed by atoms with Crippen LogP contribution in [0.15, 0.2) is 54.9 Å². The third-order valence-corrected chi connectivity index (χ3v) is 4.40. The number of fused-ring (bicyclic) bond motifs is 1. The third-order valence-electron chi connectivity index (χ3n) is 4.17. The van der Waals surface area contributed by atoms with Gasteiger partial charge >= 0.3 is 0 Å². The fourth-order valence-corrected chi connectivity index (χ4v) is 3.21. The zero-order valence-electron chi connectivity index (χ0n) is 12.7. The van der Waals surface area contributed by atoms with E-state index in [0.717, 1.165) is 42.6 Å². The molecule has 5 heteroatoms. The summed E-state index contributed by atoms with van der Waals surface area (Å²) >= 11 is 6.03. The third kappa shape index (κ3) is 3.24. The smallest absolute Gasteiger partial charge is 0.137 e.